The SMILES string of the molecule is COCON1C(=O)C(c2c(C)cc(Cl)cc2C)C(=O)C12CCN(OC)CC2. The summed E-state index contributed by atoms with van der Waals surface area (Å²) in [5.74, 6) is -1.38. The molecule has 148 valence electrons. The van der Waals surface area contributed by atoms with Gasteiger partial charge < -0.3 is 9.57 Å². The highest BCUT2D eigenvalue weighted by Gasteiger charge is 2.61. The van der Waals surface area contributed by atoms with Gasteiger partial charge in [0.05, 0.1) is 7.11 Å². The first-order chi connectivity index (χ1) is 12.9. The molecular weight excluding hydrogens is 372 g/mol. The molecule has 1 aromatic carbocycles. The Labute approximate surface area is 164 Å². The highest BCUT2D eigenvalue weighted by atomic mass is 35.5. The van der Waals surface area contributed by atoms with Gasteiger partial charge in [0.15, 0.2) is 12.6 Å². The lowest BCUT2D eigenvalue weighted by atomic mass is 9.79. The summed E-state index contributed by atoms with van der Waals surface area (Å²) in [7, 11) is 3.08. The average molecular weight is 397 g/mol. The lowest BCUT2D eigenvalue weighted by molar-refractivity contribution is -0.256. The lowest BCUT2D eigenvalue weighted by Gasteiger charge is -2.41. The summed E-state index contributed by atoms with van der Waals surface area (Å²) in [5, 5.41) is 3.62. The number of halogens is 1. The van der Waals surface area contributed by atoms with Crippen LogP contribution in [0.4, 0.5) is 0 Å². The summed E-state index contributed by atoms with van der Waals surface area (Å²) < 4.78 is 4.99. The molecule has 1 atom stereocenters. The normalized spacial score (nSPS) is 22.9. The zero-order valence-corrected chi connectivity index (χ0v) is 16.8. The summed E-state index contributed by atoms with van der Waals surface area (Å²) in [4.78, 5) is 37.7. The Morgan fingerprint density at radius 1 is 1.15 bits per heavy atom. The number of nitrogens with zero attached hydrogens (tertiary/aromatic N) is 2. The molecule has 0 saturated carbocycles. The molecule has 1 amide bonds. The third-order valence-electron chi connectivity index (χ3n) is 5.51. The Kier molecular flexibility index (Phi) is 5.88. The molecule has 3 rings (SSSR count). The molecule has 1 spiro atoms. The summed E-state index contributed by atoms with van der Waals surface area (Å²) in [6, 6.07) is 3.56. The molecule has 8 heteroatoms. The fourth-order valence-corrected chi connectivity index (χ4v) is 4.55. The van der Waals surface area contributed by atoms with E-state index in [4.69, 9.17) is 26.0 Å². The van der Waals surface area contributed by atoms with E-state index in [1.807, 2.05) is 13.8 Å². The number of hydrogen-bond donors (Lipinski definition) is 0. The third kappa shape index (κ3) is 3.39. The molecule has 0 radical (unpaired) electrons. The number of rotatable bonds is 5. The number of aryl methyl sites for hydroxylation is 2. The van der Waals surface area contributed by atoms with Crippen molar-refractivity contribution in [2.75, 3.05) is 34.1 Å². The van der Waals surface area contributed by atoms with Crippen molar-refractivity contribution in [1.82, 2.24) is 10.1 Å². The first-order valence-corrected chi connectivity index (χ1v) is 9.29. The van der Waals surface area contributed by atoms with Crippen LogP contribution < -0.4 is 0 Å². The molecule has 2 aliphatic heterocycles. The van der Waals surface area contributed by atoms with Crippen LogP contribution in [0.3, 0.4) is 0 Å². The van der Waals surface area contributed by atoms with Crippen molar-refractivity contribution in [2.45, 2.75) is 38.1 Å². The molecule has 1 aromatic rings. The van der Waals surface area contributed by atoms with E-state index in [2.05, 4.69) is 0 Å². The van der Waals surface area contributed by atoms with Gasteiger partial charge in [-0.3, -0.25) is 9.59 Å². The molecule has 0 N–H and O–H groups in total. The fraction of sp³-hybridized carbons (Fsp3) is 0.579. The number of carbonyl (C=O) groups is 2. The van der Waals surface area contributed by atoms with Gasteiger partial charge >= 0.3 is 0 Å². The van der Waals surface area contributed by atoms with Gasteiger partial charge in [0, 0.05) is 25.2 Å². The van der Waals surface area contributed by atoms with Crippen LogP contribution in [0.25, 0.3) is 0 Å². The van der Waals surface area contributed by atoms with E-state index in [1.165, 1.54) is 12.2 Å². The van der Waals surface area contributed by atoms with Crippen LogP contribution in [0, 0.1) is 13.8 Å². The Balaban J connectivity index is 2.03. The maximum atomic E-state index is 13.6. The number of hydrogen-bond acceptors (Lipinski definition) is 6. The largest absolute Gasteiger partial charge is 0.356 e. The number of piperidine rings is 1. The molecule has 2 heterocycles. The lowest BCUT2D eigenvalue weighted by Crippen LogP contribution is -2.56. The predicted molar refractivity (Wildman–Crippen MR) is 99.0 cm³/mol. The summed E-state index contributed by atoms with van der Waals surface area (Å²) in [6.07, 6.45) is 0.884. The Bertz CT molecular complexity index is 723. The summed E-state index contributed by atoms with van der Waals surface area (Å²) in [5.41, 5.74) is 1.36. The Hall–Kier alpha value is -1.51. The van der Waals surface area contributed by atoms with E-state index < -0.39 is 11.5 Å². The highest BCUT2D eigenvalue weighted by molar-refractivity contribution is 6.30. The second kappa shape index (κ2) is 7.85. The van der Waals surface area contributed by atoms with E-state index in [1.54, 1.807) is 24.3 Å². The fourth-order valence-electron chi connectivity index (χ4n) is 4.22. The minimum Gasteiger partial charge on any atom is -0.356 e. The van der Waals surface area contributed by atoms with Crippen molar-refractivity contribution < 1.29 is 24.0 Å². The second-order valence-electron chi connectivity index (χ2n) is 7.06. The number of methoxy groups -OCH3 is 1. The molecule has 2 saturated heterocycles. The monoisotopic (exact) mass is 396 g/mol. The molecule has 1 unspecified atom stereocenters. The van der Waals surface area contributed by atoms with Crippen molar-refractivity contribution in [3.63, 3.8) is 0 Å². The molecule has 27 heavy (non-hydrogen) atoms. The average Bonchev–Trinajstić information content (AvgIpc) is 2.82. The van der Waals surface area contributed by atoms with Crippen LogP contribution in [-0.4, -0.2) is 61.5 Å². The van der Waals surface area contributed by atoms with Gasteiger partial charge in [0.1, 0.15) is 11.5 Å². The number of hydroxylamine groups is 4. The smallest absolute Gasteiger partial charge is 0.262 e. The van der Waals surface area contributed by atoms with E-state index in [0.717, 1.165) is 11.1 Å². The van der Waals surface area contributed by atoms with Crippen LogP contribution in [-0.2, 0) is 24.0 Å². The summed E-state index contributed by atoms with van der Waals surface area (Å²) >= 11 is 6.13. The number of ether oxygens (including phenoxy) is 1. The van der Waals surface area contributed by atoms with Crippen LogP contribution >= 0.6 is 11.6 Å². The maximum absolute atomic E-state index is 13.6. The van der Waals surface area contributed by atoms with Crippen LogP contribution in [0.5, 0.6) is 0 Å². The highest BCUT2D eigenvalue weighted by Crippen LogP contribution is 2.45. The second-order valence-corrected chi connectivity index (χ2v) is 7.50. The number of benzene rings is 1. The molecule has 2 fully saturated rings. The summed E-state index contributed by atoms with van der Waals surface area (Å²) in [6.45, 7) is 4.71. The third-order valence-corrected chi connectivity index (χ3v) is 5.73. The molecule has 0 bridgehead atoms. The number of ketones is 1. The van der Waals surface area contributed by atoms with Crippen molar-refractivity contribution in [3.8, 4) is 0 Å². The van der Waals surface area contributed by atoms with Crippen LogP contribution in [0.2, 0.25) is 5.02 Å². The zero-order valence-electron chi connectivity index (χ0n) is 16.1. The van der Waals surface area contributed by atoms with Gasteiger partial charge in [-0.25, -0.2) is 9.90 Å². The molecule has 0 aliphatic carbocycles. The molecule has 0 aromatic heterocycles. The molecule has 2 aliphatic rings. The van der Waals surface area contributed by atoms with E-state index in [9.17, 15) is 9.59 Å². The predicted octanol–water partition coefficient (Wildman–Crippen LogP) is 2.38. The number of carbonyl (C=O) groups excluding carboxylic acids is 2. The minimum atomic E-state index is -1.01. The van der Waals surface area contributed by atoms with Crippen molar-refractivity contribution in [2.24, 2.45) is 0 Å². The maximum Gasteiger partial charge on any atom is 0.262 e. The number of amides is 1. The van der Waals surface area contributed by atoms with E-state index >= 15 is 0 Å². The van der Waals surface area contributed by atoms with Crippen molar-refractivity contribution in [1.29, 1.82) is 0 Å². The topological polar surface area (TPSA) is 68.3 Å². The van der Waals surface area contributed by atoms with Crippen molar-refractivity contribution >= 4 is 23.3 Å². The van der Waals surface area contributed by atoms with Gasteiger partial charge in [-0.2, -0.15) is 5.06 Å². The van der Waals surface area contributed by atoms with Gasteiger partial charge in [-0.05, 0) is 55.5 Å². The van der Waals surface area contributed by atoms with E-state index in [0.29, 0.717) is 36.5 Å². The van der Waals surface area contributed by atoms with Gasteiger partial charge in [0.25, 0.3) is 5.91 Å². The standard InChI is InChI=1S/C19H25ClN2O5/c1-12-9-14(20)10-13(2)15(12)16-17(23)19(5-7-21(26-4)8-6-19)22(18(16)24)27-11-25-3/h9-10,16H,5-8,11H2,1-4H3. The molecular formula is C19H25ClN2O5. The minimum absolute atomic E-state index is 0.0972. The Morgan fingerprint density at radius 2 is 1.74 bits per heavy atom. The van der Waals surface area contributed by atoms with Gasteiger partial charge in [0.2, 0.25) is 0 Å². The van der Waals surface area contributed by atoms with Crippen LogP contribution in [0.1, 0.15) is 35.4 Å². The van der Waals surface area contributed by atoms with E-state index in [-0.39, 0.29) is 18.5 Å². The quantitative estimate of drug-likeness (QED) is 0.562. The first kappa shape index (κ1) is 20.2. The number of Topliss-reactive ketones (excluding diaryl/α,β-unsaturated/α-hetero) is 1. The van der Waals surface area contributed by atoms with Gasteiger partial charge in [-0.15, -0.1) is 0 Å². The zero-order chi connectivity index (χ0) is 19.8. The Morgan fingerprint density at radius 3 is 2.26 bits per heavy atom. The van der Waals surface area contributed by atoms with Crippen molar-refractivity contribution in [3.05, 3.63) is 33.8 Å². The van der Waals surface area contributed by atoms with Crippen LogP contribution in [0.15, 0.2) is 12.1 Å². The first-order valence-electron chi connectivity index (χ1n) is 8.91. The molecule has 7 nitrogen and oxygen atoms in total. The van der Waals surface area contributed by atoms with Gasteiger partial charge in [-0.1, -0.05) is 11.6 Å².